The van der Waals surface area contributed by atoms with Gasteiger partial charge in [0.1, 0.15) is 0 Å². The summed E-state index contributed by atoms with van der Waals surface area (Å²) in [5.74, 6) is -0.308. The first-order valence-electron chi connectivity index (χ1n) is 9.31. The smallest absolute Gasteiger partial charge is 0.330 e. The quantitative estimate of drug-likeness (QED) is 0.158. The molecule has 0 saturated heterocycles. The fourth-order valence-corrected chi connectivity index (χ4v) is 2.10. The molecule has 0 aliphatic carbocycles. The largest absolute Gasteiger partial charge is 0.463 e. The van der Waals surface area contributed by atoms with Crippen LogP contribution in [0.5, 0.6) is 0 Å². The van der Waals surface area contributed by atoms with E-state index in [1.54, 1.807) is 19.1 Å². The summed E-state index contributed by atoms with van der Waals surface area (Å²) in [6.45, 7) is 4.46. The molecule has 0 atom stereocenters. The molecule has 0 N–H and O–H groups in total. The van der Waals surface area contributed by atoms with Crippen molar-refractivity contribution in [2.24, 2.45) is 0 Å². The fourth-order valence-electron chi connectivity index (χ4n) is 2.10. The molecule has 0 aromatic carbocycles. The summed E-state index contributed by atoms with van der Waals surface area (Å²) in [5.41, 5.74) is 0. The maximum absolute atomic E-state index is 11.0. The minimum Gasteiger partial charge on any atom is -0.463 e. The van der Waals surface area contributed by atoms with Gasteiger partial charge in [-0.2, -0.15) is 0 Å². The molecule has 0 fully saturated rings. The molecule has 0 aromatic rings. The molecule has 2 nitrogen and oxygen atoms in total. The van der Waals surface area contributed by atoms with Crippen molar-refractivity contribution >= 4 is 5.97 Å². The molecular weight excluding hydrogens is 296 g/mol. The zero-order valence-electron chi connectivity index (χ0n) is 15.5. The van der Waals surface area contributed by atoms with E-state index in [0.29, 0.717) is 6.61 Å². The first kappa shape index (κ1) is 22.2. The number of ether oxygens (including phenoxy) is 1. The SMILES string of the molecule is CCCCCCCCC/C=C/C=C/C=C/C=C/C=C/C(=O)OCC. The molecule has 0 rings (SSSR count). The predicted octanol–water partition coefficient (Wildman–Crippen LogP) is 6.47. The topological polar surface area (TPSA) is 26.3 Å². The second kappa shape index (κ2) is 19.2. The Kier molecular flexibility index (Phi) is 17.8. The Morgan fingerprint density at radius 1 is 0.708 bits per heavy atom. The second-order valence-electron chi connectivity index (χ2n) is 5.60. The van der Waals surface area contributed by atoms with Crippen LogP contribution in [0.15, 0.2) is 60.8 Å². The number of unbranched alkanes of at least 4 members (excludes halogenated alkanes) is 7. The Morgan fingerprint density at radius 2 is 1.25 bits per heavy atom. The van der Waals surface area contributed by atoms with Crippen LogP contribution < -0.4 is 0 Å². The first-order valence-corrected chi connectivity index (χ1v) is 9.31. The van der Waals surface area contributed by atoms with Gasteiger partial charge in [0.15, 0.2) is 0 Å². The van der Waals surface area contributed by atoms with E-state index in [-0.39, 0.29) is 5.97 Å². The molecule has 0 heterocycles. The van der Waals surface area contributed by atoms with Crippen LogP contribution in [0.25, 0.3) is 0 Å². The minimum atomic E-state index is -0.308. The molecule has 0 aliphatic rings. The molecule has 134 valence electrons. The van der Waals surface area contributed by atoms with Gasteiger partial charge in [-0.3, -0.25) is 0 Å². The molecule has 0 aliphatic heterocycles. The highest BCUT2D eigenvalue weighted by Crippen LogP contribution is 2.08. The predicted molar refractivity (Wildman–Crippen MR) is 105 cm³/mol. The number of allylic oxidation sites excluding steroid dienone is 9. The third-order valence-corrected chi connectivity index (χ3v) is 3.41. The maximum Gasteiger partial charge on any atom is 0.330 e. The third-order valence-electron chi connectivity index (χ3n) is 3.41. The average molecular weight is 331 g/mol. The molecular formula is C22H34O2. The maximum atomic E-state index is 11.0. The van der Waals surface area contributed by atoms with Gasteiger partial charge in [0.2, 0.25) is 0 Å². The van der Waals surface area contributed by atoms with Crippen LogP contribution in [-0.4, -0.2) is 12.6 Å². The summed E-state index contributed by atoms with van der Waals surface area (Å²) in [5, 5.41) is 0. The van der Waals surface area contributed by atoms with Crippen molar-refractivity contribution in [2.45, 2.75) is 65.2 Å². The van der Waals surface area contributed by atoms with Crippen molar-refractivity contribution in [2.75, 3.05) is 6.61 Å². The lowest BCUT2D eigenvalue weighted by Crippen LogP contribution is -1.98. The highest BCUT2D eigenvalue weighted by Gasteiger charge is 1.89. The van der Waals surface area contributed by atoms with Crippen LogP contribution in [0.2, 0.25) is 0 Å². The fraction of sp³-hybridized carbons (Fsp3) is 0.500. The normalized spacial score (nSPS) is 12.6. The van der Waals surface area contributed by atoms with Crippen molar-refractivity contribution in [3.05, 3.63) is 60.8 Å². The van der Waals surface area contributed by atoms with Crippen LogP contribution in [0.1, 0.15) is 65.2 Å². The van der Waals surface area contributed by atoms with Crippen LogP contribution in [-0.2, 0) is 9.53 Å². The van der Waals surface area contributed by atoms with Gasteiger partial charge < -0.3 is 4.74 Å². The first-order chi connectivity index (χ1) is 11.8. The Bertz CT molecular complexity index is 425. The van der Waals surface area contributed by atoms with E-state index in [1.807, 2.05) is 30.4 Å². The molecule has 0 spiro atoms. The Balaban J connectivity index is 3.57. The standard InChI is InChI=1S/C22H34O2/c1-3-5-6-7-8-9-10-11-12-13-14-15-16-17-18-19-20-21-22(23)24-4-2/h12-21H,3-11H2,1-2H3/b13-12+,15-14+,17-16+,19-18+,21-20+. The lowest BCUT2D eigenvalue weighted by Gasteiger charge is -1.98. The van der Waals surface area contributed by atoms with E-state index >= 15 is 0 Å². The molecule has 0 aromatic heterocycles. The van der Waals surface area contributed by atoms with Gasteiger partial charge in [-0.1, -0.05) is 100 Å². The molecule has 0 amide bonds. The number of rotatable bonds is 14. The van der Waals surface area contributed by atoms with Gasteiger partial charge in [0.25, 0.3) is 0 Å². The highest BCUT2D eigenvalue weighted by molar-refractivity contribution is 5.82. The van der Waals surface area contributed by atoms with Crippen molar-refractivity contribution in [3.8, 4) is 0 Å². The van der Waals surface area contributed by atoms with Gasteiger partial charge in [0, 0.05) is 6.08 Å². The summed E-state index contributed by atoms with van der Waals surface area (Å²) >= 11 is 0. The molecule has 0 unspecified atom stereocenters. The van der Waals surface area contributed by atoms with E-state index in [0.717, 1.165) is 0 Å². The number of carbonyl (C=O) groups excluding carboxylic acids is 1. The molecule has 0 radical (unpaired) electrons. The third kappa shape index (κ3) is 18.2. The van der Waals surface area contributed by atoms with Crippen molar-refractivity contribution < 1.29 is 9.53 Å². The zero-order valence-corrected chi connectivity index (χ0v) is 15.5. The van der Waals surface area contributed by atoms with Crippen LogP contribution >= 0.6 is 0 Å². The van der Waals surface area contributed by atoms with Gasteiger partial charge in [-0.25, -0.2) is 4.79 Å². The van der Waals surface area contributed by atoms with Crippen LogP contribution in [0.4, 0.5) is 0 Å². The summed E-state index contributed by atoms with van der Waals surface area (Å²) in [6.07, 6.45) is 29.7. The summed E-state index contributed by atoms with van der Waals surface area (Å²) in [6, 6.07) is 0. The molecule has 2 heteroatoms. The Hall–Kier alpha value is -1.83. The van der Waals surface area contributed by atoms with E-state index < -0.39 is 0 Å². The second-order valence-corrected chi connectivity index (χ2v) is 5.60. The number of carbonyl (C=O) groups is 1. The lowest BCUT2D eigenvalue weighted by atomic mass is 10.1. The van der Waals surface area contributed by atoms with Gasteiger partial charge >= 0.3 is 5.97 Å². The summed E-state index contributed by atoms with van der Waals surface area (Å²) < 4.78 is 4.77. The van der Waals surface area contributed by atoms with Crippen molar-refractivity contribution in [3.63, 3.8) is 0 Å². The monoisotopic (exact) mass is 330 g/mol. The Labute approximate surface area is 148 Å². The van der Waals surface area contributed by atoms with Crippen molar-refractivity contribution in [1.82, 2.24) is 0 Å². The van der Waals surface area contributed by atoms with E-state index in [1.165, 1.54) is 57.4 Å². The van der Waals surface area contributed by atoms with E-state index in [4.69, 9.17) is 4.74 Å². The van der Waals surface area contributed by atoms with Gasteiger partial charge in [-0.15, -0.1) is 0 Å². The van der Waals surface area contributed by atoms with Crippen LogP contribution in [0.3, 0.4) is 0 Å². The summed E-state index contributed by atoms with van der Waals surface area (Å²) in [4.78, 5) is 11.0. The molecule has 0 saturated carbocycles. The minimum absolute atomic E-state index is 0.308. The lowest BCUT2D eigenvalue weighted by molar-refractivity contribution is -0.137. The molecule has 0 bridgehead atoms. The number of hydrogen-bond acceptors (Lipinski definition) is 2. The van der Waals surface area contributed by atoms with Gasteiger partial charge in [0.05, 0.1) is 6.61 Å². The van der Waals surface area contributed by atoms with E-state index in [9.17, 15) is 4.79 Å². The van der Waals surface area contributed by atoms with E-state index in [2.05, 4.69) is 19.1 Å². The number of esters is 1. The number of hydrogen-bond donors (Lipinski definition) is 0. The molecule has 24 heavy (non-hydrogen) atoms. The van der Waals surface area contributed by atoms with Crippen LogP contribution in [0, 0.1) is 0 Å². The van der Waals surface area contributed by atoms with Gasteiger partial charge in [-0.05, 0) is 19.8 Å². The Morgan fingerprint density at radius 3 is 1.88 bits per heavy atom. The zero-order chi connectivity index (χ0) is 17.7. The summed E-state index contributed by atoms with van der Waals surface area (Å²) in [7, 11) is 0. The average Bonchev–Trinajstić information content (AvgIpc) is 2.58. The van der Waals surface area contributed by atoms with Crippen molar-refractivity contribution in [1.29, 1.82) is 0 Å². The highest BCUT2D eigenvalue weighted by atomic mass is 16.5.